The van der Waals surface area contributed by atoms with Crippen molar-refractivity contribution < 1.29 is 19.8 Å². The van der Waals surface area contributed by atoms with Crippen molar-refractivity contribution in [3.05, 3.63) is 0 Å². The lowest BCUT2D eigenvalue weighted by Gasteiger charge is -2.11. The fourth-order valence-electron chi connectivity index (χ4n) is 0.782. The summed E-state index contributed by atoms with van der Waals surface area (Å²) in [6, 6.07) is -1.41. The molecule has 2 unspecified atom stereocenters. The van der Waals surface area contributed by atoms with Gasteiger partial charge in [-0.2, -0.15) is 0 Å². The lowest BCUT2D eigenvalue weighted by molar-refractivity contribution is -0.140. The number of hydrogen-bond donors (Lipinski definition) is 4. The van der Waals surface area contributed by atoms with Gasteiger partial charge in [-0.3, -0.25) is 9.59 Å². The first kappa shape index (κ1) is 18.2. The summed E-state index contributed by atoms with van der Waals surface area (Å²) >= 11 is 0. The summed E-state index contributed by atoms with van der Waals surface area (Å²) in [5.41, 5.74) is 10.4. The van der Waals surface area contributed by atoms with Crippen molar-refractivity contribution in [1.29, 1.82) is 0 Å². The minimum Gasteiger partial charge on any atom is -0.480 e. The van der Waals surface area contributed by atoms with E-state index in [9.17, 15) is 9.59 Å². The molecule has 0 fully saturated rings. The van der Waals surface area contributed by atoms with Gasteiger partial charge in [0.25, 0.3) is 0 Å². The van der Waals surface area contributed by atoms with Crippen LogP contribution in [0.15, 0.2) is 0 Å². The SMILES string of the molecule is CC(C)C(N)C(=O)O.CCC(C)[C@H](N)C(=O)O. The van der Waals surface area contributed by atoms with Crippen LogP contribution in [0.2, 0.25) is 0 Å². The number of hydrogen-bond acceptors (Lipinski definition) is 4. The third kappa shape index (κ3) is 8.65. The Balaban J connectivity index is 0. The summed E-state index contributed by atoms with van der Waals surface area (Å²) in [5, 5.41) is 16.6. The molecule has 0 rings (SSSR count). The van der Waals surface area contributed by atoms with E-state index in [4.69, 9.17) is 21.7 Å². The van der Waals surface area contributed by atoms with Gasteiger partial charge < -0.3 is 21.7 Å². The topological polar surface area (TPSA) is 127 Å². The van der Waals surface area contributed by atoms with Gasteiger partial charge in [0.15, 0.2) is 0 Å². The third-order valence-corrected chi connectivity index (χ3v) is 2.55. The van der Waals surface area contributed by atoms with Gasteiger partial charge in [-0.15, -0.1) is 0 Å². The molecule has 17 heavy (non-hydrogen) atoms. The summed E-state index contributed by atoms with van der Waals surface area (Å²) in [7, 11) is 0. The second kappa shape index (κ2) is 8.95. The summed E-state index contributed by atoms with van der Waals surface area (Å²) in [4.78, 5) is 20.2. The molecule has 3 atom stereocenters. The average molecular weight is 248 g/mol. The van der Waals surface area contributed by atoms with E-state index in [1.54, 1.807) is 13.8 Å². The van der Waals surface area contributed by atoms with Crippen LogP contribution >= 0.6 is 0 Å². The highest BCUT2D eigenvalue weighted by Crippen LogP contribution is 2.04. The van der Waals surface area contributed by atoms with Crippen LogP contribution in [0.4, 0.5) is 0 Å². The molecule has 0 aliphatic heterocycles. The zero-order chi connectivity index (χ0) is 14.2. The average Bonchev–Trinajstić information content (AvgIpc) is 2.26. The molecule has 0 aliphatic carbocycles. The van der Waals surface area contributed by atoms with Crippen molar-refractivity contribution >= 4 is 11.9 Å². The van der Waals surface area contributed by atoms with Crippen molar-refractivity contribution in [3.8, 4) is 0 Å². The number of carboxylic acids is 2. The Hall–Kier alpha value is -1.14. The van der Waals surface area contributed by atoms with Gasteiger partial charge in [-0.05, 0) is 11.8 Å². The minimum absolute atomic E-state index is 0.0208. The van der Waals surface area contributed by atoms with Crippen molar-refractivity contribution in [2.24, 2.45) is 23.3 Å². The first-order valence-electron chi connectivity index (χ1n) is 5.61. The smallest absolute Gasteiger partial charge is 0.320 e. The molecule has 6 nitrogen and oxygen atoms in total. The molecule has 6 heteroatoms. The van der Waals surface area contributed by atoms with Crippen LogP contribution in [-0.4, -0.2) is 34.2 Å². The number of rotatable bonds is 5. The molecule has 0 aromatic heterocycles. The minimum atomic E-state index is -0.931. The van der Waals surface area contributed by atoms with Crippen LogP contribution in [0, 0.1) is 11.8 Å². The largest absolute Gasteiger partial charge is 0.480 e. The van der Waals surface area contributed by atoms with Gasteiger partial charge in [-0.1, -0.05) is 34.1 Å². The quantitative estimate of drug-likeness (QED) is 0.561. The van der Waals surface area contributed by atoms with Crippen LogP contribution in [0.1, 0.15) is 34.1 Å². The van der Waals surface area contributed by atoms with Crippen molar-refractivity contribution in [2.75, 3.05) is 0 Å². The van der Waals surface area contributed by atoms with Crippen molar-refractivity contribution in [2.45, 2.75) is 46.2 Å². The van der Waals surface area contributed by atoms with E-state index in [-0.39, 0.29) is 11.8 Å². The molecule has 0 spiro atoms. The highest BCUT2D eigenvalue weighted by Gasteiger charge is 2.17. The molecule has 0 aliphatic rings. The Bertz CT molecular complexity index is 244. The monoisotopic (exact) mass is 248 g/mol. The van der Waals surface area contributed by atoms with Gasteiger partial charge in [0.2, 0.25) is 0 Å². The van der Waals surface area contributed by atoms with E-state index >= 15 is 0 Å². The molecule has 6 N–H and O–H groups in total. The molecule has 0 amide bonds. The Kier molecular flexibility index (Phi) is 9.60. The molecular formula is C11H24N2O4. The number of aliphatic carboxylic acids is 2. The van der Waals surface area contributed by atoms with Gasteiger partial charge in [-0.25, -0.2) is 0 Å². The third-order valence-electron chi connectivity index (χ3n) is 2.55. The standard InChI is InChI=1S/C6H13NO2.C5H11NO2/c1-3-4(2)5(7)6(8)9;1-3(2)4(6)5(7)8/h4-5H,3,7H2,1-2H3,(H,8,9);3-4H,6H2,1-2H3,(H,7,8)/t4?,5-;/m0./s1. The molecule has 0 saturated carbocycles. The first-order chi connectivity index (χ1) is 7.64. The summed E-state index contributed by atoms with van der Waals surface area (Å²) in [6.07, 6.45) is 0.813. The van der Waals surface area contributed by atoms with Gasteiger partial charge in [0.05, 0.1) is 0 Å². The van der Waals surface area contributed by atoms with Gasteiger partial charge >= 0.3 is 11.9 Å². The Labute approximate surface area is 102 Å². The van der Waals surface area contributed by atoms with E-state index in [0.29, 0.717) is 0 Å². The predicted octanol–water partition coefficient (Wildman–Crippen LogP) is 0.499. The van der Waals surface area contributed by atoms with E-state index < -0.39 is 24.0 Å². The van der Waals surface area contributed by atoms with Crippen LogP contribution in [0.3, 0.4) is 0 Å². The molecule has 0 aromatic rings. The molecule has 0 radical (unpaired) electrons. The molecule has 102 valence electrons. The summed E-state index contributed by atoms with van der Waals surface area (Å²) in [5.74, 6) is -1.75. The van der Waals surface area contributed by atoms with E-state index in [1.807, 2.05) is 13.8 Å². The van der Waals surface area contributed by atoms with E-state index in [0.717, 1.165) is 6.42 Å². The number of carboxylic acid groups (broad SMARTS) is 2. The van der Waals surface area contributed by atoms with Crippen molar-refractivity contribution in [1.82, 2.24) is 0 Å². The Morgan fingerprint density at radius 1 is 1.00 bits per heavy atom. The van der Waals surface area contributed by atoms with Crippen LogP contribution in [0.25, 0.3) is 0 Å². The summed E-state index contributed by atoms with van der Waals surface area (Å²) in [6.45, 7) is 7.31. The van der Waals surface area contributed by atoms with Crippen LogP contribution in [0.5, 0.6) is 0 Å². The highest BCUT2D eigenvalue weighted by molar-refractivity contribution is 5.73. The second-order valence-electron chi connectivity index (χ2n) is 4.36. The normalized spacial score (nSPS) is 15.5. The Morgan fingerprint density at radius 3 is 1.41 bits per heavy atom. The number of nitrogens with two attached hydrogens (primary N) is 2. The van der Waals surface area contributed by atoms with E-state index in [1.165, 1.54) is 0 Å². The maximum atomic E-state index is 10.2. The first-order valence-corrected chi connectivity index (χ1v) is 5.61. The van der Waals surface area contributed by atoms with Crippen LogP contribution < -0.4 is 11.5 Å². The van der Waals surface area contributed by atoms with Gasteiger partial charge in [0.1, 0.15) is 12.1 Å². The highest BCUT2D eigenvalue weighted by atomic mass is 16.4. The molecule has 0 heterocycles. The second-order valence-corrected chi connectivity index (χ2v) is 4.36. The van der Waals surface area contributed by atoms with Gasteiger partial charge in [0, 0.05) is 0 Å². The maximum Gasteiger partial charge on any atom is 0.320 e. The summed E-state index contributed by atoms with van der Waals surface area (Å²) < 4.78 is 0. The lowest BCUT2D eigenvalue weighted by atomic mass is 10.0. The Morgan fingerprint density at radius 2 is 1.35 bits per heavy atom. The fraction of sp³-hybridized carbons (Fsp3) is 0.818. The predicted molar refractivity (Wildman–Crippen MR) is 65.5 cm³/mol. The van der Waals surface area contributed by atoms with Crippen LogP contribution in [-0.2, 0) is 9.59 Å². The zero-order valence-corrected chi connectivity index (χ0v) is 10.9. The molecule has 0 bridgehead atoms. The lowest BCUT2D eigenvalue weighted by Crippen LogP contribution is -2.36. The molecular weight excluding hydrogens is 224 g/mol. The molecule has 0 saturated heterocycles. The molecule has 0 aromatic carbocycles. The maximum absolute atomic E-state index is 10.2. The zero-order valence-electron chi connectivity index (χ0n) is 10.9. The van der Waals surface area contributed by atoms with Crippen molar-refractivity contribution in [3.63, 3.8) is 0 Å². The number of carbonyl (C=O) groups is 2. The van der Waals surface area contributed by atoms with E-state index in [2.05, 4.69) is 0 Å². The fourth-order valence-corrected chi connectivity index (χ4v) is 0.782.